The van der Waals surface area contributed by atoms with E-state index >= 15 is 0 Å². The summed E-state index contributed by atoms with van der Waals surface area (Å²) in [5.74, 6) is -0.281. The monoisotopic (exact) mass is 296 g/mol. The van der Waals surface area contributed by atoms with Crippen LogP contribution in [0.3, 0.4) is 0 Å². The smallest absolute Gasteiger partial charge is 0.284 e. The third-order valence-electron chi connectivity index (χ3n) is 2.77. The lowest BCUT2D eigenvalue weighted by molar-refractivity contribution is 0.415. The summed E-state index contributed by atoms with van der Waals surface area (Å²) in [4.78, 5) is 3.60. The molecule has 0 radical (unpaired) electrons. The molecule has 5 nitrogen and oxygen atoms in total. The lowest BCUT2D eigenvalue weighted by Crippen LogP contribution is -2.28. The average molecular weight is 296 g/mol. The number of pyridine rings is 1. The molecule has 2 rings (SSSR count). The van der Waals surface area contributed by atoms with Crippen LogP contribution in [0, 0.1) is 5.82 Å². The number of sulfonamides is 1. The number of rotatable bonds is 4. The van der Waals surface area contributed by atoms with Gasteiger partial charge in [0.25, 0.3) is 10.0 Å². The minimum absolute atomic E-state index is 0.385. The van der Waals surface area contributed by atoms with Gasteiger partial charge in [-0.05, 0) is 36.4 Å². The molecule has 0 amide bonds. The number of halogens is 1. The first kappa shape index (κ1) is 14.3. The van der Waals surface area contributed by atoms with Crippen molar-refractivity contribution in [3.05, 3.63) is 48.4 Å². The van der Waals surface area contributed by atoms with E-state index in [9.17, 15) is 12.8 Å². The van der Waals surface area contributed by atoms with E-state index in [4.69, 9.17) is 4.74 Å². The van der Waals surface area contributed by atoms with Crippen LogP contribution in [-0.2, 0) is 10.0 Å². The topological polar surface area (TPSA) is 59.5 Å². The summed E-state index contributed by atoms with van der Waals surface area (Å²) in [6.07, 6.45) is 1.23. The molecule has 0 saturated heterocycles. The zero-order valence-electron chi connectivity index (χ0n) is 10.9. The van der Waals surface area contributed by atoms with Crippen molar-refractivity contribution in [2.45, 2.75) is 5.03 Å². The highest BCUT2D eigenvalue weighted by Gasteiger charge is 2.26. The molecule has 2 aromatic rings. The second kappa shape index (κ2) is 5.46. The van der Waals surface area contributed by atoms with Crippen LogP contribution < -0.4 is 9.04 Å². The minimum atomic E-state index is -4.04. The van der Waals surface area contributed by atoms with Crippen molar-refractivity contribution >= 4 is 15.7 Å². The van der Waals surface area contributed by atoms with E-state index in [-0.39, 0.29) is 0 Å². The highest BCUT2D eigenvalue weighted by Crippen LogP contribution is 2.24. The fraction of sp³-hybridized carbons (Fsp3) is 0.154. The average Bonchev–Trinajstić information content (AvgIpc) is 2.47. The first-order chi connectivity index (χ1) is 9.46. The first-order valence-electron chi connectivity index (χ1n) is 5.70. The SMILES string of the molecule is COc1ccc(N(C)S(=O)(=O)c2ncccc2F)cc1. The van der Waals surface area contributed by atoms with E-state index < -0.39 is 20.9 Å². The van der Waals surface area contributed by atoms with E-state index in [0.717, 1.165) is 10.4 Å². The van der Waals surface area contributed by atoms with E-state index in [0.29, 0.717) is 11.4 Å². The molecule has 0 bridgehead atoms. The molecular weight excluding hydrogens is 283 g/mol. The molecule has 20 heavy (non-hydrogen) atoms. The Hall–Kier alpha value is -2.15. The molecule has 0 aliphatic carbocycles. The molecule has 1 heterocycles. The fourth-order valence-electron chi connectivity index (χ4n) is 1.62. The molecule has 0 N–H and O–H groups in total. The maximum absolute atomic E-state index is 13.6. The second-order valence-electron chi connectivity index (χ2n) is 3.96. The molecule has 106 valence electrons. The number of aromatic nitrogens is 1. The maximum atomic E-state index is 13.6. The maximum Gasteiger partial charge on any atom is 0.284 e. The van der Waals surface area contributed by atoms with Gasteiger partial charge in [-0.3, -0.25) is 4.31 Å². The summed E-state index contributed by atoms with van der Waals surface area (Å²) in [7, 11) is -1.18. The van der Waals surface area contributed by atoms with Gasteiger partial charge in [0.2, 0.25) is 5.03 Å². The standard InChI is InChI=1S/C13H13FN2O3S/c1-16(10-5-7-11(19-2)8-6-10)20(17,18)13-12(14)4-3-9-15-13/h3-9H,1-2H3. The number of benzene rings is 1. The van der Waals surface area contributed by atoms with Gasteiger partial charge >= 0.3 is 0 Å². The molecular formula is C13H13FN2O3S. The summed E-state index contributed by atoms with van der Waals surface area (Å²) < 4.78 is 44.2. The highest BCUT2D eigenvalue weighted by atomic mass is 32.2. The van der Waals surface area contributed by atoms with E-state index in [1.54, 1.807) is 24.3 Å². The van der Waals surface area contributed by atoms with Crippen molar-refractivity contribution in [1.82, 2.24) is 4.98 Å². The van der Waals surface area contributed by atoms with Gasteiger partial charge in [0, 0.05) is 13.2 Å². The van der Waals surface area contributed by atoms with Crippen LogP contribution in [0.15, 0.2) is 47.6 Å². The van der Waals surface area contributed by atoms with Gasteiger partial charge in [0.1, 0.15) is 5.75 Å². The molecule has 0 aliphatic rings. The summed E-state index contributed by atoms with van der Waals surface area (Å²) in [5, 5.41) is -0.599. The van der Waals surface area contributed by atoms with Crippen LogP contribution in [0.4, 0.5) is 10.1 Å². The van der Waals surface area contributed by atoms with E-state index in [1.165, 1.54) is 26.4 Å². The Bertz CT molecular complexity index is 702. The number of methoxy groups -OCH3 is 1. The lowest BCUT2D eigenvalue weighted by atomic mass is 10.3. The number of hydrogen-bond donors (Lipinski definition) is 0. The Balaban J connectivity index is 2.41. The van der Waals surface area contributed by atoms with Crippen LogP contribution in [0.2, 0.25) is 0 Å². The Morgan fingerprint density at radius 2 is 1.85 bits per heavy atom. The van der Waals surface area contributed by atoms with Crippen molar-refractivity contribution in [3.8, 4) is 5.75 Å². The van der Waals surface area contributed by atoms with Gasteiger partial charge in [-0.2, -0.15) is 8.42 Å². The Kier molecular flexibility index (Phi) is 3.89. The molecule has 0 aliphatic heterocycles. The van der Waals surface area contributed by atoms with Gasteiger partial charge in [0.05, 0.1) is 12.8 Å². The van der Waals surface area contributed by atoms with Crippen molar-refractivity contribution in [3.63, 3.8) is 0 Å². The number of anilines is 1. The number of nitrogens with zero attached hydrogens (tertiary/aromatic N) is 2. The van der Waals surface area contributed by atoms with Crippen LogP contribution in [0.5, 0.6) is 5.75 Å². The lowest BCUT2D eigenvalue weighted by Gasteiger charge is -2.19. The quantitative estimate of drug-likeness (QED) is 0.866. The molecule has 0 saturated carbocycles. The van der Waals surface area contributed by atoms with Gasteiger partial charge in [0.15, 0.2) is 5.82 Å². The molecule has 1 aromatic heterocycles. The second-order valence-corrected chi connectivity index (χ2v) is 5.85. The summed E-state index contributed by atoms with van der Waals surface area (Å²) >= 11 is 0. The number of hydrogen-bond acceptors (Lipinski definition) is 4. The Labute approximate surface area is 116 Å². The van der Waals surface area contributed by atoms with Crippen LogP contribution in [-0.4, -0.2) is 27.6 Å². The first-order valence-corrected chi connectivity index (χ1v) is 7.14. The minimum Gasteiger partial charge on any atom is -0.497 e. The Morgan fingerprint density at radius 3 is 2.40 bits per heavy atom. The van der Waals surface area contributed by atoms with Crippen molar-refractivity contribution < 1.29 is 17.5 Å². The summed E-state index contributed by atoms with van der Waals surface area (Å²) in [6, 6.07) is 8.77. The zero-order chi connectivity index (χ0) is 14.8. The summed E-state index contributed by atoms with van der Waals surface area (Å²) in [6.45, 7) is 0. The van der Waals surface area contributed by atoms with Gasteiger partial charge in [-0.25, -0.2) is 9.37 Å². The highest BCUT2D eigenvalue weighted by molar-refractivity contribution is 7.92. The van der Waals surface area contributed by atoms with Crippen molar-refractivity contribution in [1.29, 1.82) is 0 Å². The molecule has 0 fully saturated rings. The van der Waals surface area contributed by atoms with Crippen molar-refractivity contribution in [2.24, 2.45) is 0 Å². The third kappa shape index (κ3) is 2.57. The zero-order valence-corrected chi connectivity index (χ0v) is 11.8. The van der Waals surface area contributed by atoms with Crippen LogP contribution in [0.1, 0.15) is 0 Å². The Morgan fingerprint density at radius 1 is 1.20 bits per heavy atom. The third-order valence-corrected chi connectivity index (χ3v) is 4.49. The normalized spacial score (nSPS) is 11.2. The van der Waals surface area contributed by atoms with E-state index in [2.05, 4.69) is 4.98 Å². The molecule has 1 aromatic carbocycles. The number of ether oxygens (including phenoxy) is 1. The van der Waals surface area contributed by atoms with Gasteiger partial charge in [-0.15, -0.1) is 0 Å². The molecule has 0 spiro atoms. The summed E-state index contributed by atoms with van der Waals surface area (Å²) in [5.41, 5.74) is 0.385. The van der Waals surface area contributed by atoms with E-state index in [1.807, 2.05) is 0 Å². The van der Waals surface area contributed by atoms with Crippen molar-refractivity contribution in [2.75, 3.05) is 18.5 Å². The molecule has 0 atom stereocenters. The molecule has 7 heteroatoms. The van der Waals surface area contributed by atoms with Crippen LogP contribution in [0.25, 0.3) is 0 Å². The largest absolute Gasteiger partial charge is 0.497 e. The molecule has 0 unspecified atom stereocenters. The fourth-order valence-corrected chi connectivity index (χ4v) is 2.79. The van der Waals surface area contributed by atoms with Gasteiger partial charge < -0.3 is 4.74 Å². The van der Waals surface area contributed by atoms with Crippen LogP contribution >= 0.6 is 0 Å². The predicted molar refractivity (Wildman–Crippen MR) is 72.8 cm³/mol. The predicted octanol–water partition coefficient (Wildman–Crippen LogP) is 2.05. The van der Waals surface area contributed by atoms with Gasteiger partial charge in [-0.1, -0.05) is 0 Å².